The van der Waals surface area contributed by atoms with E-state index in [1.165, 1.54) is 12.1 Å². The predicted octanol–water partition coefficient (Wildman–Crippen LogP) is 2.37. The number of hydrogen-bond acceptors (Lipinski definition) is 4. The second-order valence-electron chi connectivity index (χ2n) is 6.34. The topological polar surface area (TPSA) is 52.6 Å². The molecule has 7 heteroatoms. The predicted molar refractivity (Wildman–Crippen MR) is 96.4 cm³/mol. The van der Waals surface area contributed by atoms with Crippen LogP contribution in [0, 0.1) is 5.82 Å². The van der Waals surface area contributed by atoms with E-state index in [2.05, 4.69) is 21.6 Å². The van der Waals surface area contributed by atoms with Gasteiger partial charge in [-0.1, -0.05) is 12.1 Å². The van der Waals surface area contributed by atoms with Crippen LogP contribution in [0.1, 0.15) is 5.56 Å². The summed E-state index contributed by atoms with van der Waals surface area (Å²) in [6.07, 6.45) is 0. The smallest absolute Gasteiger partial charge is 0.261 e. The Morgan fingerprint density at radius 3 is 2.16 bits per heavy atom. The zero-order valence-corrected chi connectivity index (χ0v) is 15.0. The summed E-state index contributed by atoms with van der Waals surface area (Å²) in [4.78, 5) is 4.73. The number of nitrogens with zero attached hydrogens (tertiary/aromatic N) is 2. The minimum Gasteiger partial charge on any atom is -0.304 e. The quantitative estimate of drug-likeness (QED) is 0.886. The lowest BCUT2D eigenvalue weighted by Crippen LogP contribution is -2.43. The maximum atomic E-state index is 12.9. The monoisotopic (exact) mass is 363 g/mol. The van der Waals surface area contributed by atoms with Crippen molar-refractivity contribution >= 4 is 15.7 Å². The lowest BCUT2D eigenvalue weighted by molar-refractivity contribution is 0.148. The van der Waals surface area contributed by atoms with Crippen molar-refractivity contribution in [1.29, 1.82) is 0 Å². The largest absolute Gasteiger partial charge is 0.304 e. The summed E-state index contributed by atoms with van der Waals surface area (Å²) in [5, 5.41) is 0. The van der Waals surface area contributed by atoms with E-state index in [0.29, 0.717) is 5.69 Å². The van der Waals surface area contributed by atoms with Crippen LogP contribution in [-0.4, -0.2) is 51.4 Å². The molecule has 0 saturated carbocycles. The van der Waals surface area contributed by atoms with Crippen LogP contribution in [0.5, 0.6) is 0 Å². The van der Waals surface area contributed by atoms with E-state index < -0.39 is 15.8 Å². The minimum atomic E-state index is -3.71. The molecule has 0 unspecified atom stereocenters. The number of sulfonamides is 1. The molecular weight excluding hydrogens is 341 g/mol. The molecule has 2 aromatic rings. The molecule has 2 aromatic carbocycles. The van der Waals surface area contributed by atoms with Gasteiger partial charge >= 0.3 is 0 Å². The van der Waals surface area contributed by atoms with Crippen LogP contribution >= 0.6 is 0 Å². The van der Waals surface area contributed by atoms with Crippen molar-refractivity contribution in [3.05, 3.63) is 59.9 Å². The van der Waals surface area contributed by atoms with Crippen LogP contribution in [0.3, 0.4) is 0 Å². The second kappa shape index (κ2) is 7.51. The van der Waals surface area contributed by atoms with E-state index >= 15 is 0 Å². The first-order chi connectivity index (χ1) is 11.9. The van der Waals surface area contributed by atoms with Gasteiger partial charge in [-0.25, -0.2) is 12.8 Å². The van der Waals surface area contributed by atoms with E-state index in [4.69, 9.17) is 0 Å². The summed E-state index contributed by atoms with van der Waals surface area (Å²) in [5.74, 6) is -0.466. The molecule has 5 nitrogen and oxygen atoms in total. The lowest BCUT2D eigenvalue weighted by atomic mass is 10.2. The molecule has 0 aromatic heterocycles. The number of hydrogen-bond donors (Lipinski definition) is 1. The Labute approximate surface area is 148 Å². The molecule has 1 heterocycles. The lowest BCUT2D eigenvalue weighted by Gasteiger charge is -2.32. The van der Waals surface area contributed by atoms with Crippen LogP contribution in [0.2, 0.25) is 0 Å². The van der Waals surface area contributed by atoms with Gasteiger partial charge in [-0.3, -0.25) is 9.62 Å². The molecule has 0 atom stereocenters. The van der Waals surface area contributed by atoms with E-state index in [1.54, 1.807) is 12.1 Å². The molecule has 3 rings (SSSR count). The number of piperazine rings is 1. The van der Waals surface area contributed by atoms with Gasteiger partial charge in [0.2, 0.25) is 0 Å². The zero-order chi connectivity index (χ0) is 17.9. The highest BCUT2D eigenvalue weighted by molar-refractivity contribution is 7.92. The van der Waals surface area contributed by atoms with E-state index in [-0.39, 0.29) is 4.90 Å². The Kier molecular flexibility index (Phi) is 5.36. The van der Waals surface area contributed by atoms with Gasteiger partial charge in [0.05, 0.1) is 4.90 Å². The number of nitrogens with one attached hydrogen (secondary N) is 1. The summed E-state index contributed by atoms with van der Waals surface area (Å²) in [7, 11) is -1.58. The van der Waals surface area contributed by atoms with Gasteiger partial charge in [0.15, 0.2) is 0 Å². The van der Waals surface area contributed by atoms with Crippen LogP contribution in [0.15, 0.2) is 53.4 Å². The van der Waals surface area contributed by atoms with Crippen LogP contribution in [0.4, 0.5) is 10.1 Å². The van der Waals surface area contributed by atoms with Gasteiger partial charge in [-0.05, 0) is 49.0 Å². The molecule has 1 aliphatic rings. The van der Waals surface area contributed by atoms with E-state index in [1.807, 2.05) is 12.1 Å². The molecule has 134 valence electrons. The van der Waals surface area contributed by atoms with Crippen LogP contribution in [-0.2, 0) is 16.6 Å². The summed E-state index contributed by atoms with van der Waals surface area (Å²) < 4.78 is 40.1. The highest BCUT2D eigenvalue weighted by atomic mass is 32.2. The maximum Gasteiger partial charge on any atom is 0.261 e. The van der Waals surface area contributed by atoms with Gasteiger partial charge in [-0.15, -0.1) is 0 Å². The molecule has 25 heavy (non-hydrogen) atoms. The summed E-state index contributed by atoms with van der Waals surface area (Å²) in [6.45, 7) is 5.06. The maximum absolute atomic E-state index is 12.9. The van der Waals surface area contributed by atoms with Gasteiger partial charge in [-0.2, -0.15) is 0 Å². The van der Waals surface area contributed by atoms with Crippen molar-refractivity contribution in [2.45, 2.75) is 11.4 Å². The standard InChI is InChI=1S/C18H22FN3O2S/c1-21-10-12-22(13-11-21)14-15-2-6-17(7-3-15)20-25(23,24)18-8-4-16(19)5-9-18/h2-9,20H,10-14H2,1H3. The van der Waals surface area contributed by atoms with Crippen molar-refractivity contribution in [3.8, 4) is 0 Å². The Hall–Kier alpha value is -1.96. The Morgan fingerprint density at radius 2 is 1.56 bits per heavy atom. The molecule has 0 spiro atoms. The number of anilines is 1. The minimum absolute atomic E-state index is 0.0374. The number of halogens is 1. The first kappa shape index (κ1) is 17.8. The molecule has 1 N–H and O–H groups in total. The Morgan fingerprint density at radius 1 is 0.960 bits per heavy atom. The highest BCUT2D eigenvalue weighted by Gasteiger charge is 2.15. The van der Waals surface area contributed by atoms with Crippen LogP contribution < -0.4 is 4.72 Å². The highest BCUT2D eigenvalue weighted by Crippen LogP contribution is 2.18. The first-order valence-electron chi connectivity index (χ1n) is 8.21. The van der Waals surface area contributed by atoms with Gasteiger partial charge < -0.3 is 4.90 Å². The zero-order valence-electron chi connectivity index (χ0n) is 14.2. The number of likely N-dealkylation sites (N-methyl/N-ethyl adjacent to an activating group) is 1. The summed E-state index contributed by atoms with van der Waals surface area (Å²) >= 11 is 0. The van der Waals surface area contributed by atoms with Gasteiger partial charge in [0.25, 0.3) is 10.0 Å². The average molecular weight is 363 g/mol. The molecular formula is C18H22FN3O2S. The summed E-state index contributed by atoms with van der Waals surface area (Å²) in [6, 6.07) is 12.1. The molecule has 0 amide bonds. The Bertz CT molecular complexity index is 799. The number of benzene rings is 2. The fourth-order valence-electron chi connectivity index (χ4n) is 2.77. The average Bonchev–Trinajstić information content (AvgIpc) is 2.59. The molecule has 1 aliphatic heterocycles. The third-order valence-corrected chi connectivity index (χ3v) is 5.73. The third kappa shape index (κ3) is 4.78. The summed E-state index contributed by atoms with van der Waals surface area (Å²) in [5.41, 5.74) is 1.64. The van der Waals surface area contributed by atoms with Crippen molar-refractivity contribution in [1.82, 2.24) is 9.80 Å². The van der Waals surface area contributed by atoms with E-state index in [0.717, 1.165) is 50.4 Å². The van der Waals surface area contributed by atoms with Gasteiger partial charge in [0.1, 0.15) is 5.82 Å². The van der Waals surface area contributed by atoms with Gasteiger partial charge in [0, 0.05) is 38.4 Å². The second-order valence-corrected chi connectivity index (χ2v) is 8.02. The Balaban J connectivity index is 1.63. The first-order valence-corrected chi connectivity index (χ1v) is 9.69. The number of rotatable bonds is 5. The van der Waals surface area contributed by atoms with Crippen molar-refractivity contribution in [2.75, 3.05) is 37.9 Å². The third-order valence-electron chi connectivity index (χ3n) is 4.33. The SMILES string of the molecule is CN1CCN(Cc2ccc(NS(=O)(=O)c3ccc(F)cc3)cc2)CC1. The van der Waals surface area contributed by atoms with Crippen molar-refractivity contribution in [2.24, 2.45) is 0 Å². The fraction of sp³-hybridized carbons (Fsp3) is 0.333. The molecule has 1 fully saturated rings. The molecule has 0 aliphatic carbocycles. The normalized spacial score (nSPS) is 16.7. The van der Waals surface area contributed by atoms with Crippen molar-refractivity contribution in [3.63, 3.8) is 0 Å². The van der Waals surface area contributed by atoms with E-state index in [9.17, 15) is 12.8 Å². The van der Waals surface area contributed by atoms with Crippen molar-refractivity contribution < 1.29 is 12.8 Å². The molecule has 0 radical (unpaired) electrons. The fourth-order valence-corrected chi connectivity index (χ4v) is 3.83. The molecule has 1 saturated heterocycles. The molecule has 0 bridgehead atoms. The van der Waals surface area contributed by atoms with Crippen LogP contribution in [0.25, 0.3) is 0 Å².